The molecule has 2 heterocycles. The second-order valence-electron chi connectivity index (χ2n) is 4.96. The Morgan fingerprint density at radius 2 is 1.94 bits per heavy atom. The zero-order valence-electron chi connectivity index (χ0n) is 9.94. The van der Waals surface area contributed by atoms with Gasteiger partial charge in [-0.15, -0.1) is 24.2 Å². The molecule has 94 valence electrons. The molecule has 2 aliphatic rings. The molecule has 0 aromatic rings. The SMILES string of the molecule is CC1CC(C)CN(C(=O)[C@H]2CSCN2)C1.Cl. The molecule has 0 aliphatic carbocycles. The van der Waals surface area contributed by atoms with E-state index in [9.17, 15) is 4.79 Å². The highest BCUT2D eigenvalue weighted by atomic mass is 35.5. The first-order chi connectivity index (χ1) is 7.16. The number of carbonyl (C=O) groups is 1. The van der Waals surface area contributed by atoms with E-state index in [4.69, 9.17) is 0 Å². The molecular formula is C11H21ClN2OS. The largest absolute Gasteiger partial charge is 0.341 e. The molecule has 0 saturated carbocycles. The zero-order valence-corrected chi connectivity index (χ0v) is 11.6. The van der Waals surface area contributed by atoms with Crippen molar-refractivity contribution in [1.29, 1.82) is 0 Å². The third-order valence-corrected chi connectivity index (χ3v) is 4.13. The topological polar surface area (TPSA) is 32.3 Å². The molecule has 1 N–H and O–H groups in total. The highest BCUT2D eigenvalue weighted by molar-refractivity contribution is 7.99. The van der Waals surface area contributed by atoms with E-state index >= 15 is 0 Å². The zero-order chi connectivity index (χ0) is 10.8. The van der Waals surface area contributed by atoms with Gasteiger partial charge in [-0.3, -0.25) is 10.1 Å². The van der Waals surface area contributed by atoms with Gasteiger partial charge in [0.15, 0.2) is 0 Å². The van der Waals surface area contributed by atoms with Crippen molar-refractivity contribution < 1.29 is 4.79 Å². The first-order valence-electron chi connectivity index (χ1n) is 5.76. The van der Waals surface area contributed by atoms with Crippen LogP contribution in [-0.4, -0.2) is 41.6 Å². The molecule has 2 rings (SSSR count). The van der Waals surface area contributed by atoms with E-state index in [0.29, 0.717) is 17.7 Å². The van der Waals surface area contributed by atoms with Gasteiger partial charge in [0.05, 0.1) is 6.04 Å². The van der Waals surface area contributed by atoms with Crippen molar-refractivity contribution in [2.45, 2.75) is 26.3 Å². The van der Waals surface area contributed by atoms with Crippen molar-refractivity contribution in [2.75, 3.05) is 24.7 Å². The van der Waals surface area contributed by atoms with Crippen molar-refractivity contribution >= 4 is 30.1 Å². The fourth-order valence-electron chi connectivity index (χ4n) is 2.62. The maximum atomic E-state index is 12.1. The molecule has 16 heavy (non-hydrogen) atoms. The van der Waals surface area contributed by atoms with E-state index in [2.05, 4.69) is 24.1 Å². The normalized spacial score (nSPS) is 34.6. The summed E-state index contributed by atoms with van der Waals surface area (Å²) in [5.74, 6) is 3.50. The molecular weight excluding hydrogens is 244 g/mol. The van der Waals surface area contributed by atoms with Crippen molar-refractivity contribution in [2.24, 2.45) is 11.8 Å². The highest BCUT2D eigenvalue weighted by Crippen LogP contribution is 2.22. The number of hydrogen-bond acceptors (Lipinski definition) is 3. The van der Waals surface area contributed by atoms with Crippen molar-refractivity contribution in [3.63, 3.8) is 0 Å². The molecule has 2 unspecified atom stereocenters. The highest BCUT2D eigenvalue weighted by Gasteiger charge is 2.31. The fourth-order valence-corrected chi connectivity index (χ4v) is 3.55. The number of rotatable bonds is 1. The van der Waals surface area contributed by atoms with E-state index in [1.54, 1.807) is 0 Å². The second kappa shape index (κ2) is 6.12. The van der Waals surface area contributed by atoms with Crippen LogP contribution in [0.4, 0.5) is 0 Å². The fraction of sp³-hybridized carbons (Fsp3) is 0.909. The molecule has 0 bridgehead atoms. The smallest absolute Gasteiger partial charge is 0.240 e. The molecule has 5 heteroatoms. The minimum Gasteiger partial charge on any atom is -0.341 e. The van der Waals surface area contributed by atoms with E-state index in [1.807, 2.05) is 11.8 Å². The number of nitrogens with zero attached hydrogens (tertiary/aromatic N) is 1. The minimum absolute atomic E-state index is 0. The van der Waals surface area contributed by atoms with Gasteiger partial charge in [-0.1, -0.05) is 13.8 Å². The summed E-state index contributed by atoms with van der Waals surface area (Å²) in [5, 5.41) is 3.26. The maximum absolute atomic E-state index is 12.1. The van der Waals surface area contributed by atoms with E-state index < -0.39 is 0 Å². The number of likely N-dealkylation sites (tertiary alicyclic amines) is 1. The van der Waals surface area contributed by atoms with Crippen LogP contribution in [0.2, 0.25) is 0 Å². The predicted octanol–water partition coefficient (Wildman–Crippen LogP) is 1.58. The monoisotopic (exact) mass is 264 g/mol. The van der Waals surface area contributed by atoms with Crippen LogP contribution < -0.4 is 5.32 Å². The number of piperidine rings is 1. The lowest BCUT2D eigenvalue weighted by molar-refractivity contribution is -0.135. The van der Waals surface area contributed by atoms with Crippen LogP contribution in [0.1, 0.15) is 20.3 Å². The molecule has 1 amide bonds. The maximum Gasteiger partial charge on any atom is 0.240 e. The first kappa shape index (κ1) is 14.1. The van der Waals surface area contributed by atoms with Crippen LogP contribution in [0.3, 0.4) is 0 Å². The molecule has 0 aromatic carbocycles. The van der Waals surface area contributed by atoms with Gasteiger partial charge in [-0.05, 0) is 18.3 Å². The Bertz CT molecular complexity index is 236. The van der Waals surface area contributed by atoms with Crippen molar-refractivity contribution in [3.05, 3.63) is 0 Å². The standard InChI is InChI=1S/C11H20N2OS.ClH/c1-8-3-9(2)5-13(4-8)11(14)10-6-15-7-12-10;/h8-10,12H,3-7H2,1-2H3;1H/t8?,9?,10-;/m1./s1. The average molecular weight is 265 g/mol. The van der Waals surface area contributed by atoms with Gasteiger partial charge >= 0.3 is 0 Å². The van der Waals surface area contributed by atoms with Crippen LogP contribution in [0.5, 0.6) is 0 Å². The Morgan fingerprint density at radius 1 is 1.31 bits per heavy atom. The summed E-state index contributed by atoms with van der Waals surface area (Å²) >= 11 is 1.82. The van der Waals surface area contributed by atoms with Crippen LogP contribution in [0, 0.1) is 11.8 Å². The van der Waals surface area contributed by atoms with Crippen molar-refractivity contribution in [3.8, 4) is 0 Å². The number of thioether (sulfide) groups is 1. The Balaban J connectivity index is 0.00000128. The summed E-state index contributed by atoms with van der Waals surface area (Å²) in [6, 6.07) is 0.0764. The van der Waals surface area contributed by atoms with Crippen LogP contribution in [-0.2, 0) is 4.79 Å². The molecule has 0 aromatic heterocycles. The summed E-state index contributed by atoms with van der Waals surface area (Å²) in [4.78, 5) is 14.2. The van der Waals surface area contributed by atoms with Gasteiger partial charge in [0.25, 0.3) is 0 Å². The lowest BCUT2D eigenvalue weighted by Gasteiger charge is -2.36. The number of halogens is 1. The van der Waals surface area contributed by atoms with Crippen LogP contribution in [0.15, 0.2) is 0 Å². The third-order valence-electron chi connectivity index (χ3n) is 3.19. The lowest BCUT2D eigenvalue weighted by atomic mass is 9.91. The van der Waals surface area contributed by atoms with Gasteiger partial charge in [-0.25, -0.2) is 0 Å². The number of nitrogens with one attached hydrogen (secondary N) is 1. The summed E-state index contributed by atoms with van der Waals surface area (Å²) in [6.45, 7) is 6.39. The summed E-state index contributed by atoms with van der Waals surface area (Å²) in [5.41, 5.74) is 0. The lowest BCUT2D eigenvalue weighted by Crippen LogP contribution is -2.50. The molecule has 3 atom stereocenters. The molecule has 0 radical (unpaired) electrons. The number of hydrogen-bond donors (Lipinski definition) is 1. The number of carbonyl (C=O) groups excluding carboxylic acids is 1. The first-order valence-corrected chi connectivity index (χ1v) is 6.92. The van der Waals surface area contributed by atoms with E-state index in [1.165, 1.54) is 6.42 Å². The van der Waals surface area contributed by atoms with Crippen LogP contribution in [0.25, 0.3) is 0 Å². The average Bonchev–Trinajstić information content (AvgIpc) is 2.67. The molecule has 2 fully saturated rings. The third kappa shape index (κ3) is 3.28. The number of amides is 1. The van der Waals surface area contributed by atoms with Gasteiger partial charge in [0, 0.05) is 24.7 Å². The van der Waals surface area contributed by atoms with Gasteiger partial charge in [0.1, 0.15) is 0 Å². The van der Waals surface area contributed by atoms with Gasteiger partial charge in [0.2, 0.25) is 5.91 Å². The second-order valence-corrected chi connectivity index (χ2v) is 5.99. The van der Waals surface area contributed by atoms with E-state index in [-0.39, 0.29) is 18.4 Å². The minimum atomic E-state index is 0. The predicted molar refractivity (Wildman–Crippen MR) is 71.0 cm³/mol. The van der Waals surface area contributed by atoms with Crippen molar-refractivity contribution in [1.82, 2.24) is 10.2 Å². The van der Waals surface area contributed by atoms with Crippen LogP contribution >= 0.6 is 24.2 Å². The molecule has 2 aliphatic heterocycles. The Morgan fingerprint density at radius 3 is 2.44 bits per heavy atom. The quantitative estimate of drug-likeness (QED) is 0.781. The molecule has 2 saturated heterocycles. The molecule has 3 nitrogen and oxygen atoms in total. The van der Waals surface area contributed by atoms with E-state index in [0.717, 1.165) is 24.7 Å². The summed E-state index contributed by atoms with van der Waals surface area (Å²) in [6.07, 6.45) is 1.26. The Kier molecular flexibility index (Phi) is 5.41. The molecule has 0 spiro atoms. The Hall–Kier alpha value is 0.0700. The Labute approximate surface area is 108 Å². The summed E-state index contributed by atoms with van der Waals surface area (Å²) in [7, 11) is 0. The van der Waals surface area contributed by atoms with Gasteiger partial charge < -0.3 is 4.90 Å². The van der Waals surface area contributed by atoms with Gasteiger partial charge in [-0.2, -0.15) is 0 Å². The summed E-state index contributed by atoms with van der Waals surface area (Å²) < 4.78 is 0.